The van der Waals surface area contributed by atoms with E-state index in [1.807, 2.05) is 45.9 Å². The molecular weight excluding hydrogens is 176 g/mol. The maximum atomic E-state index is 5.53. The van der Waals surface area contributed by atoms with Gasteiger partial charge in [-0.3, -0.25) is 0 Å². The average molecular weight is 193 g/mol. The van der Waals surface area contributed by atoms with Crippen LogP contribution in [-0.4, -0.2) is 12.2 Å². The molecule has 0 aromatic heterocycles. The molecule has 0 bridgehead atoms. The summed E-state index contributed by atoms with van der Waals surface area (Å²) in [6.07, 6.45) is 0.357. The second-order valence-electron chi connectivity index (χ2n) is 3.74. The van der Waals surface area contributed by atoms with E-state index in [0.29, 0.717) is 0 Å². The van der Waals surface area contributed by atoms with Gasteiger partial charge in [0.25, 0.3) is 0 Å². The first kappa shape index (κ1) is 10.9. The minimum atomic E-state index is 0.178. The Hall–Kier alpha value is -1.18. The lowest BCUT2D eigenvalue weighted by Crippen LogP contribution is -2.07. The second kappa shape index (κ2) is 4.89. The van der Waals surface area contributed by atoms with Gasteiger partial charge in [-0.05, 0) is 45.9 Å². The third-order valence-corrected chi connectivity index (χ3v) is 1.48. The third kappa shape index (κ3) is 3.69. The first-order chi connectivity index (χ1) is 6.58. The molecule has 0 unspecified atom stereocenters. The van der Waals surface area contributed by atoms with Gasteiger partial charge in [0.2, 0.25) is 0 Å². The maximum Gasteiger partial charge on any atom is 0.123 e. The molecule has 0 spiro atoms. The van der Waals surface area contributed by atoms with E-state index in [1.54, 1.807) is 0 Å². The largest absolute Gasteiger partial charge is 0.491 e. The van der Waals surface area contributed by atoms with Gasteiger partial charge in [-0.25, -0.2) is 0 Å². The van der Waals surface area contributed by atoms with Crippen LogP contribution in [0.2, 0.25) is 0 Å². The zero-order valence-corrected chi connectivity index (χ0v) is 9.20. The Balaban J connectivity index is 2.68. The lowest BCUT2D eigenvalue weighted by molar-refractivity contribution is 0.229. The zero-order chi connectivity index (χ0) is 10.6. The van der Waals surface area contributed by atoms with Crippen LogP contribution in [0.1, 0.15) is 27.7 Å². The molecule has 0 saturated carbocycles. The van der Waals surface area contributed by atoms with Crippen LogP contribution in [0.4, 0.5) is 0 Å². The van der Waals surface area contributed by atoms with Crippen LogP contribution >= 0.6 is 0 Å². The molecule has 0 aliphatic carbocycles. The standard InChI is InChI=1S/C12H17O2/c1-9(2)13-11-6-5-7-12(8-11)14-10(3)4/h6-10H,1-4H3. The summed E-state index contributed by atoms with van der Waals surface area (Å²) in [6, 6.07) is 8.50. The molecule has 0 aliphatic rings. The summed E-state index contributed by atoms with van der Waals surface area (Å²) < 4.78 is 11.1. The predicted octanol–water partition coefficient (Wildman–Crippen LogP) is 3.06. The summed E-state index contributed by atoms with van der Waals surface area (Å²) in [6.45, 7) is 7.98. The van der Waals surface area contributed by atoms with Crippen LogP contribution < -0.4 is 9.47 Å². The summed E-state index contributed by atoms with van der Waals surface area (Å²) >= 11 is 0. The van der Waals surface area contributed by atoms with E-state index < -0.39 is 0 Å². The Kier molecular flexibility index (Phi) is 3.81. The molecule has 0 amide bonds. The minimum Gasteiger partial charge on any atom is -0.491 e. The fraction of sp³-hybridized carbons (Fsp3) is 0.500. The maximum absolute atomic E-state index is 5.53. The molecule has 1 radical (unpaired) electrons. The Labute approximate surface area is 85.8 Å². The highest BCUT2D eigenvalue weighted by atomic mass is 16.5. The molecule has 0 saturated heterocycles. The van der Waals surface area contributed by atoms with Crippen molar-refractivity contribution in [3.05, 3.63) is 24.3 Å². The van der Waals surface area contributed by atoms with Crippen molar-refractivity contribution in [3.8, 4) is 11.5 Å². The SMILES string of the molecule is CC(C)Oc1c[c]cc(OC(C)C)c1. The van der Waals surface area contributed by atoms with Crippen molar-refractivity contribution in [1.82, 2.24) is 0 Å². The molecule has 1 aromatic rings. The monoisotopic (exact) mass is 193 g/mol. The van der Waals surface area contributed by atoms with Crippen LogP contribution in [0.3, 0.4) is 0 Å². The first-order valence-electron chi connectivity index (χ1n) is 4.92. The Morgan fingerprint density at radius 2 is 1.36 bits per heavy atom. The average Bonchev–Trinajstić information content (AvgIpc) is 2.01. The van der Waals surface area contributed by atoms with Gasteiger partial charge in [-0.1, -0.05) is 0 Å². The van der Waals surface area contributed by atoms with Crippen LogP contribution in [-0.2, 0) is 0 Å². The van der Waals surface area contributed by atoms with Gasteiger partial charge in [0.05, 0.1) is 12.2 Å². The molecule has 0 N–H and O–H groups in total. The predicted molar refractivity (Wildman–Crippen MR) is 56.8 cm³/mol. The van der Waals surface area contributed by atoms with Gasteiger partial charge in [0.1, 0.15) is 11.5 Å². The molecule has 14 heavy (non-hydrogen) atoms. The number of hydrogen-bond acceptors (Lipinski definition) is 2. The van der Waals surface area contributed by atoms with E-state index in [4.69, 9.17) is 9.47 Å². The highest BCUT2D eigenvalue weighted by molar-refractivity contribution is 5.32. The fourth-order valence-corrected chi connectivity index (χ4v) is 1.11. The Morgan fingerprint density at radius 1 is 0.929 bits per heavy atom. The minimum absolute atomic E-state index is 0.178. The first-order valence-corrected chi connectivity index (χ1v) is 4.92. The van der Waals surface area contributed by atoms with Gasteiger partial charge < -0.3 is 9.47 Å². The van der Waals surface area contributed by atoms with Crippen molar-refractivity contribution in [2.75, 3.05) is 0 Å². The van der Waals surface area contributed by atoms with Crippen LogP contribution in [0.5, 0.6) is 11.5 Å². The van der Waals surface area contributed by atoms with E-state index in [0.717, 1.165) is 11.5 Å². The normalized spacial score (nSPS) is 10.7. The Morgan fingerprint density at radius 3 is 1.71 bits per heavy atom. The van der Waals surface area contributed by atoms with E-state index in [2.05, 4.69) is 6.07 Å². The van der Waals surface area contributed by atoms with Gasteiger partial charge in [0.15, 0.2) is 0 Å². The fourth-order valence-electron chi connectivity index (χ4n) is 1.11. The van der Waals surface area contributed by atoms with Gasteiger partial charge in [-0.15, -0.1) is 0 Å². The Bertz CT molecular complexity index is 254. The third-order valence-electron chi connectivity index (χ3n) is 1.48. The lowest BCUT2D eigenvalue weighted by atomic mass is 10.3. The van der Waals surface area contributed by atoms with E-state index in [9.17, 15) is 0 Å². The molecule has 1 rings (SSSR count). The van der Waals surface area contributed by atoms with E-state index in [-0.39, 0.29) is 12.2 Å². The quantitative estimate of drug-likeness (QED) is 0.731. The highest BCUT2D eigenvalue weighted by Gasteiger charge is 2.01. The molecule has 1 aromatic carbocycles. The molecule has 0 fully saturated rings. The van der Waals surface area contributed by atoms with Crippen molar-refractivity contribution < 1.29 is 9.47 Å². The van der Waals surface area contributed by atoms with Crippen molar-refractivity contribution in [2.24, 2.45) is 0 Å². The van der Waals surface area contributed by atoms with Crippen LogP contribution in [0.25, 0.3) is 0 Å². The van der Waals surface area contributed by atoms with Crippen molar-refractivity contribution in [1.29, 1.82) is 0 Å². The van der Waals surface area contributed by atoms with Crippen LogP contribution in [0.15, 0.2) is 18.2 Å². The number of benzene rings is 1. The second-order valence-corrected chi connectivity index (χ2v) is 3.74. The van der Waals surface area contributed by atoms with Crippen molar-refractivity contribution in [3.63, 3.8) is 0 Å². The summed E-state index contributed by atoms with van der Waals surface area (Å²) in [7, 11) is 0. The van der Waals surface area contributed by atoms with Gasteiger partial charge in [0, 0.05) is 6.07 Å². The lowest BCUT2D eigenvalue weighted by Gasteiger charge is -2.13. The van der Waals surface area contributed by atoms with Crippen LogP contribution in [0, 0.1) is 6.07 Å². The summed E-state index contributed by atoms with van der Waals surface area (Å²) in [5.41, 5.74) is 0. The summed E-state index contributed by atoms with van der Waals surface area (Å²) in [5, 5.41) is 0. The number of rotatable bonds is 4. The molecule has 77 valence electrons. The molecule has 2 heteroatoms. The van der Waals surface area contributed by atoms with Gasteiger partial charge in [-0.2, -0.15) is 0 Å². The van der Waals surface area contributed by atoms with Crippen molar-refractivity contribution >= 4 is 0 Å². The number of hydrogen-bond donors (Lipinski definition) is 0. The molecule has 0 atom stereocenters. The van der Waals surface area contributed by atoms with E-state index in [1.165, 1.54) is 0 Å². The van der Waals surface area contributed by atoms with E-state index >= 15 is 0 Å². The van der Waals surface area contributed by atoms with Gasteiger partial charge >= 0.3 is 0 Å². The molecule has 2 nitrogen and oxygen atoms in total. The molecule has 0 heterocycles. The topological polar surface area (TPSA) is 18.5 Å². The molecule has 0 aliphatic heterocycles. The highest BCUT2D eigenvalue weighted by Crippen LogP contribution is 2.20. The number of ether oxygens (including phenoxy) is 2. The zero-order valence-electron chi connectivity index (χ0n) is 9.20. The summed E-state index contributed by atoms with van der Waals surface area (Å²) in [4.78, 5) is 0. The molecular formula is C12H17O2. The smallest absolute Gasteiger partial charge is 0.123 e. The summed E-state index contributed by atoms with van der Waals surface area (Å²) in [5.74, 6) is 1.61. The van der Waals surface area contributed by atoms with Crippen molar-refractivity contribution in [2.45, 2.75) is 39.9 Å².